The van der Waals surface area contributed by atoms with E-state index in [1.54, 1.807) is 30.0 Å². The zero-order chi connectivity index (χ0) is 18.7. The molecule has 8 nitrogen and oxygen atoms in total. The van der Waals surface area contributed by atoms with Gasteiger partial charge in [0.15, 0.2) is 11.2 Å². The fourth-order valence-electron chi connectivity index (χ4n) is 2.57. The van der Waals surface area contributed by atoms with Crippen molar-refractivity contribution in [3.8, 4) is 0 Å². The molecule has 0 saturated heterocycles. The monoisotopic (exact) mass is 374 g/mol. The first-order chi connectivity index (χ1) is 12.5. The first-order valence-corrected chi connectivity index (χ1v) is 8.63. The van der Waals surface area contributed by atoms with E-state index in [9.17, 15) is 9.59 Å². The molecule has 0 saturated carbocycles. The SMILES string of the molecule is CCCCn1c(N/N=C/c2ccc(Cl)cc2)nc2c1c(=O)[nH]c(=O)n2C. The molecule has 0 fully saturated rings. The van der Waals surface area contributed by atoms with Gasteiger partial charge in [0.25, 0.3) is 5.56 Å². The van der Waals surface area contributed by atoms with Crippen LogP contribution in [0.1, 0.15) is 25.3 Å². The molecule has 0 aliphatic rings. The summed E-state index contributed by atoms with van der Waals surface area (Å²) in [6.45, 7) is 2.65. The maximum Gasteiger partial charge on any atom is 0.329 e. The lowest BCUT2D eigenvalue weighted by atomic mass is 10.2. The highest BCUT2D eigenvalue weighted by atomic mass is 35.5. The summed E-state index contributed by atoms with van der Waals surface area (Å²) in [7, 11) is 1.57. The molecule has 0 aliphatic heterocycles. The summed E-state index contributed by atoms with van der Waals surface area (Å²) in [6.07, 6.45) is 3.45. The molecule has 26 heavy (non-hydrogen) atoms. The Morgan fingerprint density at radius 2 is 2.04 bits per heavy atom. The predicted molar refractivity (Wildman–Crippen MR) is 103 cm³/mol. The Morgan fingerprint density at radius 1 is 1.31 bits per heavy atom. The van der Waals surface area contributed by atoms with E-state index in [-0.39, 0.29) is 0 Å². The number of aromatic amines is 1. The average Bonchev–Trinajstić information content (AvgIpc) is 2.99. The number of anilines is 1. The highest BCUT2D eigenvalue weighted by Gasteiger charge is 2.16. The number of nitrogens with zero attached hydrogens (tertiary/aromatic N) is 4. The Bertz CT molecular complexity index is 1060. The molecule has 136 valence electrons. The van der Waals surface area contributed by atoms with Crippen molar-refractivity contribution in [1.82, 2.24) is 19.1 Å². The van der Waals surface area contributed by atoms with Crippen molar-refractivity contribution in [2.75, 3.05) is 5.43 Å². The van der Waals surface area contributed by atoms with Gasteiger partial charge in [-0.25, -0.2) is 10.2 Å². The standard InChI is InChI=1S/C17H19ClN6O2/c1-3-4-9-24-13-14(23(2)17(26)21-15(13)25)20-16(24)22-19-10-11-5-7-12(18)8-6-11/h5-8,10H,3-4,9H2,1-2H3,(H,20,22)(H,21,25,26)/b19-10+. The Hall–Kier alpha value is -2.87. The topological polar surface area (TPSA) is 97.1 Å². The Labute approximate surface area is 154 Å². The third kappa shape index (κ3) is 3.55. The second kappa shape index (κ2) is 7.57. The number of halogens is 1. The van der Waals surface area contributed by atoms with Gasteiger partial charge < -0.3 is 4.57 Å². The average molecular weight is 375 g/mol. The predicted octanol–water partition coefficient (Wildman–Crippen LogP) is 2.32. The number of fused-ring (bicyclic) bond motifs is 1. The number of H-pyrrole nitrogens is 1. The van der Waals surface area contributed by atoms with Crippen molar-refractivity contribution >= 4 is 34.9 Å². The lowest BCUT2D eigenvalue weighted by molar-refractivity contribution is 0.647. The third-order valence-electron chi connectivity index (χ3n) is 3.99. The van der Waals surface area contributed by atoms with Gasteiger partial charge in [0.2, 0.25) is 5.95 Å². The van der Waals surface area contributed by atoms with Gasteiger partial charge in [-0.2, -0.15) is 10.1 Å². The third-order valence-corrected chi connectivity index (χ3v) is 4.24. The fraction of sp³-hybridized carbons (Fsp3) is 0.294. The van der Waals surface area contributed by atoms with Crippen molar-refractivity contribution in [2.45, 2.75) is 26.3 Å². The van der Waals surface area contributed by atoms with E-state index >= 15 is 0 Å². The van der Waals surface area contributed by atoms with Crippen LogP contribution in [0.3, 0.4) is 0 Å². The summed E-state index contributed by atoms with van der Waals surface area (Å²) < 4.78 is 3.06. The van der Waals surface area contributed by atoms with Crippen LogP contribution in [-0.4, -0.2) is 25.3 Å². The minimum absolute atomic E-state index is 0.319. The molecule has 0 spiro atoms. The Kier molecular flexibility index (Phi) is 5.22. The molecular weight excluding hydrogens is 356 g/mol. The molecule has 0 radical (unpaired) electrons. The first kappa shape index (κ1) is 17.9. The molecule has 2 N–H and O–H groups in total. The summed E-state index contributed by atoms with van der Waals surface area (Å²) in [4.78, 5) is 30.8. The fourth-order valence-corrected chi connectivity index (χ4v) is 2.69. The quantitative estimate of drug-likeness (QED) is 0.511. The van der Waals surface area contributed by atoms with Gasteiger partial charge in [-0.1, -0.05) is 37.1 Å². The second-order valence-electron chi connectivity index (χ2n) is 5.85. The van der Waals surface area contributed by atoms with Crippen LogP contribution in [0.15, 0.2) is 39.0 Å². The van der Waals surface area contributed by atoms with Crippen LogP contribution in [0.4, 0.5) is 5.95 Å². The highest BCUT2D eigenvalue weighted by Crippen LogP contribution is 2.16. The number of nitrogens with one attached hydrogen (secondary N) is 2. The molecule has 0 bridgehead atoms. The van der Waals surface area contributed by atoms with E-state index in [1.165, 1.54) is 4.57 Å². The number of unbranched alkanes of at least 4 members (excludes halogenated alkanes) is 1. The first-order valence-electron chi connectivity index (χ1n) is 8.25. The normalized spacial score (nSPS) is 11.5. The Morgan fingerprint density at radius 3 is 2.73 bits per heavy atom. The number of hydrogen-bond acceptors (Lipinski definition) is 5. The van der Waals surface area contributed by atoms with Crippen LogP contribution < -0.4 is 16.7 Å². The highest BCUT2D eigenvalue weighted by molar-refractivity contribution is 6.30. The molecule has 3 aromatic rings. The van der Waals surface area contributed by atoms with Gasteiger partial charge in [-0.05, 0) is 24.1 Å². The van der Waals surface area contributed by atoms with Crippen LogP contribution >= 0.6 is 11.6 Å². The number of benzene rings is 1. The van der Waals surface area contributed by atoms with E-state index in [0.717, 1.165) is 18.4 Å². The number of hydrogen-bond donors (Lipinski definition) is 2. The lowest BCUT2D eigenvalue weighted by Crippen LogP contribution is -2.29. The summed E-state index contributed by atoms with van der Waals surface area (Å²) in [5.41, 5.74) is 3.45. The summed E-state index contributed by atoms with van der Waals surface area (Å²) in [6, 6.07) is 7.22. The van der Waals surface area contributed by atoms with Crippen LogP contribution in [0.5, 0.6) is 0 Å². The Balaban J connectivity index is 1.99. The number of aromatic nitrogens is 4. The van der Waals surface area contributed by atoms with Gasteiger partial charge in [0, 0.05) is 18.6 Å². The molecule has 9 heteroatoms. The molecule has 2 aromatic heterocycles. The van der Waals surface area contributed by atoms with Gasteiger partial charge in [-0.15, -0.1) is 0 Å². The van der Waals surface area contributed by atoms with Crippen LogP contribution in [-0.2, 0) is 13.6 Å². The molecular formula is C17H19ClN6O2. The smallest absolute Gasteiger partial charge is 0.303 e. The van der Waals surface area contributed by atoms with Crippen molar-refractivity contribution in [3.63, 3.8) is 0 Å². The van der Waals surface area contributed by atoms with Gasteiger partial charge in [0.1, 0.15) is 0 Å². The van der Waals surface area contributed by atoms with Crippen LogP contribution in [0.25, 0.3) is 11.2 Å². The summed E-state index contributed by atoms with van der Waals surface area (Å²) in [5.74, 6) is 0.408. The molecule has 3 rings (SSSR count). The van der Waals surface area contributed by atoms with Crippen LogP contribution in [0.2, 0.25) is 5.02 Å². The van der Waals surface area contributed by atoms with E-state index < -0.39 is 11.2 Å². The van der Waals surface area contributed by atoms with E-state index in [2.05, 4.69) is 27.4 Å². The van der Waals surface area contributed by atoms with Gasteiger partial charge in [-0.3, -0.25) is 14.3 Å². The molecule has 0 unspecified atom stereocenters. The molecule has 2 heterocycles. The lowest BCUT2D eigenvalue weighted by Gasteiger charge is -2.06. The maximum atomic E-state index is 12.3. The van der Waals surface area contributed by atoms with E-state index in [1.807, 2.05) is 12.1 Å². The largest absolute Gasteiger partial charge is 0.329 e. The van der Waals surface area contributed by atoms with Crippen molar-refractivity contribution < 1.29 is 0 Å². The summed E-state index contributed by atoms with van der Waals surface area (Å²) >= 11 is 5.86. The minimum Gasteiger partial charge on any atom is -0.303 e. The van der Waals surface area contributed by atoms with Crippen molar-refractivity contribution in [1.29, 1.82) is 0 Å². The minimum atomic E-state index is -0.501. The molecule has 0 atom stereocenters. The second-order valence-corrected chi connectivity index (χ2v) is 6.29. The molecule has 0 aliphatic carbocycles. The number of aryl methyl sites for hydroxylation is 2. The maximum absolute atomic E-state index is 12.3. The number of imidazole rings is 1. The van der Waals surface area contributed by atoms with Crippen molar-refractivity contribution in [2.24, 2.45) is 12.1 Å². The summed E-state index contributed by atoms with van der Waals surface area (Å²) in [5, 5.41) is 4.84. The van der Waals surface area contributed by atoms with Gasteiger partial charge in [0.05, 0.1) is 6.21 Å². The zero-order valence-corrected chi connectivity index (χ0v) is 15.2. The molecule has 0 amide bonds. The number of rotatable bonds is 6. The van der Waals surface area contributed by atoms with E-state index in [4.69, 9.17) is 11.6 Å². The van der Waals surface area contributed by atoms with E-state index in [0.29, 0.717) is 28.7 Å². The van der Waals surface area contributed by atoms with Crippen molar-refractivity contribution in [3.05, 3.63) is 55.7 Å². The van der Waals surface area contributed by atoms with Gasteiger partial charge >= 0.3 is 5.69 Å². The van der Waals surface area contributed by atoms with Crippen LogP contribution in [0, 0.1) is 0 Å². The number of hydrazone groups is 1. The zero-order valence-electron chi connectivity index (χ0n) is 14.5. The molecule has 1 aromatic carbocycles.